The second kappa shape index (κ2) is 3.12. The molecule has 0 radical (unpaired) electrons. The topological polar surface area (TPSA) is 57.5 Å². The van der Waals surface area contributed by atoms with Gasteiger partial charge in [0.15, 0.2) is 6.29 Å². The van der Waals surface area contributed by atoms with Crippen molar-refractivity contribution in [2.45, 2.75) is 32.0 Å². The van der Waals surface area contributed by atoms with E-state index < -0.39 is 6.29 Å². The van der Waals surface area contributed by atoms with Crippen LogP contribution in [0.5, 0.6) is 0 Å². The standard InChI is InChI=1S/C7H12O3/c8-6-3-1-5(2-4-6)7(9)10/h5,7,9-10H,1-4H2. The molecule has 0 bridgehead atoms. The molecule has 0 aromatic carbocycles. The van der Waals surface area contributed by atoms with E-state index >= 15 is 0 Å². The molecule has 1 rings (SSSR count). The minimum absolute atomic E-state index is 0.0716. The molecule has 0 unspecified atom stereocenters. The summed E-state index contributed by atoms with van der Waals surface area (Å²) in [7, 11) is 0. The highest BCUT2D eigenvalue weighted by atomic mass is 16.5. The van der Waals surface area contributed by atoms with Gasteiger partial charge < -0.3 is 10.2 Å². The van der Waals surface area contributed by atoms with Gasteiger partial charge in [-0.15, -0.1) is 0 Å². The Hall–Kier alpha value is -0.410. The van der Waals surface area contributed by atoms with Crippen LogP contribution in [0.4, 0.5) is 0 Å². The summed E-state index contributed by atoms with van der Waals surface area (Å²) in [5, 5.41) is 17.4. The smallest absolute Gasteiger partial charge is 0.154 e. The number of aliphatic hydroxyl groups excluding tert-OH is 1. The van der Waals surface area contributed by atoms with Crippen LogP contribution in [0.3, 0.4) is 0 Å². The second-order valence-corrected chi connectivity index (χ2v) is 2.79. The predicted octanol–water partition coefficient (Wildman–Crippen LogP) is 0.0564. The molecule has 1 saturated carbocycles. The summed E-state index contributed by atoms with van der Waals surface area (Å²) in [5.41, 5.74) is 0. The molecule has 10 heavy (non-hydrogen) atoms. The molecule has 1 fully saturated rings. The van der Waals surface area contributed by atoms with E-state index in [4.69, 9.17) is 10.2 Å². The van der Waals surface area contributed by atoms with Crippen LogP contribution in [0.1, 0.15) is 25.7 Å². The molecule has 0 spiro atoms. The molecule has 1 aliphatic carbocycles. The normalized spacial score (nSPS) is 22.1. The van der Waals surface area contributed by atoms with Gasteiger partial charge >= 0.3 is 0 Å². The van der Waals surface area contributed by atoms with Crippen molar-refractivity contribution in [1.82, 2.24) is 0 Å². The summed E-state index contributed by atoms with van der Waals surface area (Å²) in [4.78, 5) is 10.7. The fourth-order valence-corrected chi connectivity index (χ4v) is 1.26. The van der Waals surface area contributed by atoms with Crippen molar-refractivity contribution >= 4 is 5.78 Å². The third kappa shape index (κ3) is 1.78. The van der Waals surface area contributed by atoms with Gasteiger partial charge in [0.25, 0.3) is 0 Å². The van der Waals surface area contributed by atoms with Crippen molar-refractivity contribution in [2.24, 2.45) is 5.92 Å². The predicted molar refractivity (Wildman–Crippen MR) is 35.2 cm³/mol. The average Bonchev–Trinajstić information content (AvgIpc) is 1.88. The largest absolute Gasteiger partial charge is 0.368 e. The first-order valence-electron chi connectivity index (χ1n) is 3.58. The van der Waals surface area contributed by atoms with E-state index in [0.29, 0.717) is 25.7 Å². The molecule has 0 saturated heterocycles. The summed E-state index contributed by atoms with van der Waals surface area (Å²) < 4.78 is 0. The van der Waals surface area contributed by atoms with E-state index in [0.717, 1.165) is 0 Å². The molecule has 0 atom stereocenters. The lowest BCUT2D eigenvalue weighted by atomic mass is 9.88. The zero-order chi connectivity index (χ0) is 7.56. The number of Topliss-reactive ketones (excluding diaryl/α,β-unsaturated/α-hetero) is 1. The maximum atomic E-state index is 10.7. The highest BCUT2D eigenvalue weighted by Crippen LogP contribution is 2.23. The first kappa shape index (κ1) is 7.69. The molecule has 3 nitrogen and oxygen atoms in total. The highest BCUT2D eigenvalue weighted by molar-refractivity contribution is 5.79. The third-order valence-corrected chi connectivity index (χ3v) is 2.01. The van der Waals surface area contributed by atoms with Crippen LogP contribution in [0, 0.1) is 5.92 Å². The fraction of sp³-hybridized carbons (Fsp3) is 0.857. The van der Waals surface area contributed by atoms with Crippen molar-refractivity contribution in [1.29, 1.82) is 0 Å². The van der Waals surface area contributed by atoms with Gasteiger partial charge in [-0.1, -0.05) is 0 Å². The van der Waals surface area contributed by atoms with Crippen LogP contribution in [0.15, 0.2) is 0 Å². The van der Waals surface area contributed by atoms with Gasteiger partial charge in [-0.05, 0) is 12.8 Å². The molecular formula is C7H12O3. The van der Waals surface area contributed by atoms with Crippen LogP contribution in [0.2, 0.25) is 0 Å². The van der Waals surface area contributed by atoms with E-state index in [1.807, 2.05) is 0 Å². The van der Waals surface area contributed by atoms with Gasteiger partial charge in [-0.2, -0.15) is 0 Å². The molecule has 0 heterocycles. The van der Waals surface area contributed by atoms with Crippen LogP contribution in [-0.2, 0) is 4.79 Å². The summed E-state index contributed by atoms with van der Waals surface area (Å²) >= 11 is 0. The van der Waals surface area contributed by atoms with Crippen molar-refractivity contribution in [3.63, 3.8) is 0 Å². The summed E-state index contributed by atoms with van der Waals surface area (Å²) in [6.07, 6.45) is 1.07. The van der Waals surface area contributed by atoms with Crippen molar-refractivity contribution in [3.05, 3.63) is 0 Å². The minimum Gasteiger partial charge on any atom is -0.368 e. The van der Waals surface area contributed by atoms with Crippen molar-refractivity contribution in [2.75, 3.05) is 0 Å². The monoisotopic (exact) mass is 144 g/mol. The summed E-state index contributed by atoms with van der Waals surface area (Å²) in [6.45, 7) is 0. The zero-order valence-electron chi connectivity index (χ0n) is 5.79. The van der Waals surface area contributed by atoms with Gasteiger partial charge in [0.05, 0.1) is 0 Å². The van der Waals surface area contributed by atoms with Gasteiger partial charge in [0.2, 0.25) is 0 Å². The first-order valence-corrected chi connectivity index (χ1v) is 3.58. The van der Waals surface area contributed by atoms with Crippen LogP contribution < -0.4 is 0 Å². The summed E-state index contributed by atoms with van der Waals surface area (Å²) in [6, 6.07) is 0. The van der Waals surface area contributed by atoms with Crippen molar-refractivity contribution < 1.29 is 15.0 Å². The van der Waals surface area contributed by atoms with Crippen LogP contribution in [0.25, 0.3) is 0 Å². The lowest BCUT2D eigenvalue weighted by Crippen LogP contribution is -2.25. The molecule has 1 aliphatic rings. The summed E-state index contributed by atoms with van der Waals surface area (Å²) in [5.74, 6) is 0.176. The van der Waals surface area contributed by atoms with Gasteiger partial charge in [-0.25, -0.2) is 0 Å². The van der Waals surface area contributed by atoms with E-state index in [1.54, 1.807) is 0 Å². The minimum atomic E-state index is -1.23. The SMILES string of the molecule is O=C1CCC(C(O)O)CC1. The van der Waals surface area contributed by atoms with Gasteiger partial charge in [0, 0.05) is 18.8 Å². The van der Waals surface area contributed by atoms with E-state index in [9.17, 15) is 4.79 Å². The number of hydrogen-bond acceptors (Lipinski definition) is 3. The van der Waals surface area contributed by atoms with Crippen LogP contribution in [-0.4, -0.2) is 22.3 Å². The lowest BCUT2D eigenvalue weighted by molar-refractivity contribution is -0.127. The second-order valence-electron chi connectivity index (χ2n) is 2.79. The Kier molecular flexibility index (Phi) is 2.40. The number of ketones is 1. The van der Waals surface area contributed by atoms with Crippen LogP contribution >= 0.6 is 0 Å². The molecule has 2 N–H and O–H groups in total. The Balaban J connectivity index is 2.33. The van der Waals surface area contributed by atoms with Crippen molar-refractivity contribution in [3.8, 4) is 0 Å². The highest BCUT2D eigenvalue weighted by Gasteiger charge is 2.23. The van der Waals surface area contributed by atoms with E-state index in [-0.39, 0.29) is 11.7 Å². The first-order chi connectivity index (χ1) is 4.70. The molecule has 0 aromatic heterocycles. The number of carbonyl (C=O) groups excluding carboxylic acids is 1. The maximum absolute atomic E-state index is 10.7. The molecule has 0 amide bonds. The maximum Gasteiger partial charge on any atom is 0.154 e. The molecule has 0 aliphatic heterocycles. The Labute approximate surface area is 59.7 Å². The Morgan fingerprint density at radius 2 is 1.80 bits per heavy atom. The molecular weight excluding hydrogens is 132 g/mol. The molecule has 0 aromatic rings. The lowest BCUT2D eigenvalue weighted by Gasteiger charge is -2.21. The molecule has 3 heteroatoms. The van der Waals surface area contributed by atoms with E-state index in [1.165, 1.54) is 0 Å². The zero-order valence-corrected chi connectivity index (χ0v) is 5.79. The Bertz CT molecular complexity index is 121. The number of hydrogen-bond donors (Lipinski definition) is 2. The third-order valence-electron chi connectivity index (χ3n) is 2.01. The number of aliphatic hydroxyl groups is 2. The van der Waals surface area contributed by atoms with Gasteiger partial charge in [0.1, 0.15) is 5.78 Å². The van der Waals surface area contributed by atoms with E-state index in [2.05, 4.69) is 0 Å². The Morgan fingerprint density at radius 1 is 1.30 bits per heavy atom. The average molecular weight is 144 g/mol. The number of rotatable bonds is 1. The quantitative estimate of drug-likeness (QED) is 0.511. The van der Waals surface area contributed by atoms with Gasteiger partial charge in [-0.3, -0.25) is 4.79 Å². The Morgan fingerprint density at radius 3 is 2.20 bits per heavy atom. The number of carbonyl (C=O) groups is 1. The fourth-order valence-electron chi connectivity index (χ4n) is 1.26. The molecule has 58 valence electrons.